The van der Waals surface area contributed by atoms with Gasteiger partial charge >= 0.3 is 0 Å². The van der Waals surface area contributed by atoms with Gasteiger partial charge in [0.1, 0.15) is 11.4 Å². The molecule has 102 valence electrons. The van der Waals surface area contributed by atoms with Crippen molar-refractivity contribution >= 4 is 11.3 Å². The Balaban J connectivity index is 2.20. The Morgan fingerprint density at radius 2 is 2.15 bits per heavy atom. The van der Waals surface area contributed by atoms with E-state index in [-0.39, 0.29) is 0 Å². The van der Waals surface area contributed by atoms with E-state index in [1.54, 1.807) is 16.0 Å². The fourth-order valence-corrected chi connectivity index (χ4v) is 2.86. The van der Waals surface area contributed by atoms with Crippen molar-refractivity contribution in [3.05, 3.63) is 46.6 Å². The summed E-state index contributed by atoms with van der Waals surface area (Å²) >= 11 is 1.55. The summed E-state index contributed by atoms with van der Waals surface area (Å²) in [5.41, 5.74) is 10.7. The third-order valence-corrected chi connectivity index (χ3v) is 3.95. The van der Waals surface area contributed by atoms with Crippen LogP contribution in [-0.4, -0.2) is 20.0 Å². The van der Waals surface area contributed by atoms with Crippen molar-refractivity contribution in [1.29, 1.82) is 0 Å². The van der Waals surface area contributed by atoms with Crippen molar-refractivity contribution in [2.75, 3.05) is 0 Å². The maximum absolute atomic E-state index is 5.79. The van der Waals surface area contributed by atoms with Crippen LogP contribution in [-0.2, 0) is 6.54 Å². The second kappa shape index (κ2) is 5.15. The average Bonchev–Trinajstić information content (AvgIpc) is 3.04. The van der Waals surface area contributed by atoms with Crippen molar-refractivity contribution in [3.8, 4) is 16.4 Å². The number of nitrogens with zero attached hydrogens (tertiary/aromatic N) is 4. The highest BCUT2D eigenvalue weighted by Gasteiger charge is 2.17. The van der Waals surface area contributed by atoms with Gasteiger partial charge in [0.25, 0.3) is 0 Å². The van der Waals surface area contributed by atoms with E-state index >= 15 is 0 Å². The number of nitrogens with two attached hydrogens (primary N) is 1. The van der Waals surface area contributed by atoms with Crippen LogP contribution in [0, 0.1) is 13.8 Å². The zero-order chi connectivity index (χ0) is 14.1. The third-order valence-electron chi connectivity index (χ3n) is 3.01. The molecule has 0 radical (unpaired) electrons. The van der Waals surface area contributed by atoms with Crippen LogP contribution in [0.4, 0.5) is 0 Å². The average molecular weight is 285 g/mol. The van der Waals surface area contributed by atoms with Gasteiger partial charge in [-0.3, -0.25) is 0 Å². The van der Waals surface area contributed by atoms with Crippen LogP contribution in [0.3, 0.4) is 0 Å². The van der Waals surface area contributed by atoms with Crippen molar-refractivity contribution in [1.82, 2.24) is 20.0 Å². The van der Waals surface area contributed by atoms with E-state index in [2.05, 4.69) is 34.4 Å². The number of hydrogen-bond donors (Lipinski definition) is 1. The number of hydrogen-bond acceptors (Lipinski definition) is 5. The fraction of sp³-hybridized carbons (Fsp3) is 0.214. The molecule has 0 bridgehead atoms. The first-order chi connectivity index (χ1) is 9.69. The van der Waals surface area contributed by atoms with Crippen molar-refractivity contribution in [2.45, 2.75) is 20.4 Å². The predicted molar refractivity (Wildman–Crippen MR) is 79.8 cm³/mol. The number of thiazole rings is 1. The molecule has 3 aromatic rings. The van der Waals surface area contributed by atoms with Gasteiger partial charge in [-0.25, -0.2) is 4.98 Å². The lowest BCUT2D eigenvalue weighted by atomic mass is 10.1. The molecule has 0 saturated carbocycles. The second-order valence-corrected chi connectivity index (χ2v) is 5.48. The Bertz CT molecular complexity index is 744. The molecule has 20 heavy (non-hydrogen) atoms. The fourth-order valence-electron chi connectivity index (χ4n) is 2.10. The van der Waals surface area contributed by atoms with Gasteiger partial charge in [-0.1, -0.05) is 29.0 Å². The lowest BCUT2D eigenvalue weighted by Gasteiger charge is -2.06. The standard InChI is InChI=1S/C14H15N5S/c1-9-4-3-5-11(6-9)13-12(7-15)17-18-19(13)14-16-10(2)8-20-14/h3-6,8H,7,15H2,1-2H3. The number of aryl methyl sites for hydroxylation is 2. The van der Waals surface area contributed by atoms with Crippen LogP contribution in [0.2, 0.25) is 0 Å². The van der Waals surface area contributed by atoms with Crippen molar-refractivity contribution < 1.29 is 0 Å². The Kier molecular flexibility index (Phi) is 3.33. The minimum absolute atomic E-state index is 0.355. The van der Waals surface area contributed by atoms with Gasteiger partial charge in [0.05, 0.1) is 5.69 Å². The number of benzene rings is 1. The van der Waals surface area contributed by atoms with Crippen LogP contribution >= 0.6 is 11.3 Å². The SMILES string of the molecule is Cc1cccc(-c2c(CN)nnn2-c2nc(C)cs2)c1. The maximum Gasteiger partial charge on any atom is 0.212 e. The molecule has 2 N–H and O–H groups in total. The molecular formula is C14H15N5S. The first kappa shape index (κ1) is 13.0. The number of rotatable bonds is 3. The zero-order valence-corrected chi connectivity index (χ0v) is 12.2. The molecule has 0 aliphatic heterocycles. The van der Waals surface area contributed by atoms with Gasteiger partial charge < -0.3 is 5.73 Å². The summed E-state index contributed by atoms with van der Waals surface area (Å²) < 4.78 is 1.77. The topological polar surface area (TPSA) is 69.6 Å². The minimum atomic E-state index is 0.355. The molecular weight excluding hydrogens is 270 g/mol. The van der Waals surface area contributed by atoms with Crippen molar-refractivity contribution in [2.24, 2.45) is 5.73 Å². The van der Waals surface area contributed by atoms with Gasteiger partial charge in [0, 0.05) is 17.5 Å². The highest BCUT2D eigenvalue weighted by molar-refractivity contribution is 7.12. The van der Waals surface area contributed by atoms with E-state index < -0.39 is 0 Å². The Hall–Kier alpha value is -2.05. The molecule has 0 saturated heterocycles. The van der Waals surface area contributed by atoms with E-state index in [1.807, 2.05) is 24.4 Å². The highest BCUT2D eigenvalue weighted by atomic mass is 32.1. The minimum Gasteiger partial charge on any atom is -0.325 e. The van der Waals surface area contributed by atoms with Crippen LogP contribution in [0.15, 0.2) is 29.6 Å². The first-order valence-electron chi connectivity index (χ1n) is 6.33. The van der Waals surface area contributed by atoms with E-state index in [4.69, 9.17) is 5.73 Å². The highest BCUT2D eigenvalue weighted by Crippen LogP contribution is 2.27. The summed E-state index contributed by atoms with van der Waals surface area (Å²) in [6.45, 7) is 4.38. The molecule has 2 aromatic heterocycles. The summed E-state index contributed by atoms with van der Waals surface area (Å²) in [7, 11) is 0. The molecule has 0 aliphatic rings. The van der Waals surface area contributed by atoms with Crippen LogP contribution in [0.25, 0.3) is 16.4 Å². The van der Waals surface area contributed by atoms with E-state index in [0.29, 0.717) is 6.54 Å². The first-order valence-corrected chi connectivity index (χ1v) is 7.21. The molecule has 0 aliphatic carbocycles. The Labute approximate surface area is 121 Å². The lowest BCUT2D eigenvalue weighted by molar-refractivity contribution is 0.792. The summed E-state index contributed by atoms with van der Waals surface area (Å²) in [5, 5.41) is 11.2. The Morgan fingerprint density at radius 1 is 1.30 bits per heavy atom. The lowest BCUT2D eigenvalue weighted by Crippen LogP contribution is -2.02. The third kappa shape index (κ3) is 2.23. The van der Waals surface area contributed by atoms with Crippen LogP contribution < -0.4 is 5.73 Å². The normalized spacial score (nSPS) is 10.9. The van der Waals surface area contributed by atoms with Gasteiger partial charge in [-0.15, -0.1) is 16.4 Å². The molecule has 0 fully saturated rings. The van der Waals surface area contributed by atoms with E-state index in [1.165, 1.54) is 5.56 Å². The zero-order valence-electron chi connectivity index (χ0n) is 11.4. The quantitative estimate of drug-likeness (QED) is 0.802. The Morgan fingerprint density at radius 3 is 2.80 bits per heavy atom. The maximum atomic E-state index is 5.79. The molecule has 0 spiro atoms. The van der Waals surface area contributed by atoms with Gasteiger partial charge in [0.15, 0.2) is 0 Å². The summed E-state index contributed by atoms with van der Waals surface area (Å²) in [6.07, 6.45) is 0. The summed E-state index contributed by atoms with van der Waals surface area (Å²) in [5.74, 6) is 0. The molecule has 0 unspecified atom stereocenters. The molecule has 6 heteroatoms. The molecule has 0 atom stereocenters. The predicted octanol–water partition coefficient (Wildman–Crippen LogP) is 2.47. The molecule has 2 heterocycles. The monoisotopic (exact) mass is 285 g/mol. The second-order valence-electron chi connectivity index (χ2n) is 4.64. The van der Waals surface area contributed by atoms with Crippen LogP contribution in [0.5, 0.6) is 0 Å². The smallest absolute Gasteiger partial charge is 0.212 e. The van der Waals surface area contributed by atoms with E-state index in [9.17, 15) is 0 Å². The largest absolute Gasteiger partial charge is 0.325 e. The van der Waals surface area contributed by atoms with Gasteiger partial charge in [-0.05, 0) is 19.9 Å². The molecule has 3 rings (SSSR count). The molecule has 5 nitrogen and oxygen atoms in total. The summed E-state index contributed by atoms with van der Waals surface area (Å²) in [4.78, 5) is 4.48. The summed E-state index contributed by atoms with van der Waals surface area (Å²) in [6, 6.07) is 8.24. The number of aromatic nitrogens is 4. The molecule has 0 amide bonds. The van der Waals surface area contributed by atoms with Gasteiger partial charge in [-0.2, -0.15) is 4.68 Å². The molecule has 1 aromatic carbocycles. The van der Waals surface area contributed by atoms with Gasteiger partial charge in [0.2, 0.25) is 5.13 Å². The van der Waals surface area contributed by atoms with E-state index in [0.717, 1.165) is 27.8 Å². The van der Waals surface area contributed by atoms with Crippen molar-refractivity contribution in [3.63, 3.8) is 0 Å². The van der Waals surface area contributed by atoms with Crippen LogP contribution in [0.1, 0.15) is 17.0 Å².